The van der Waals surface area contributed by atoms with Crippen molar-refractivity contribution in [3.63, 3.8) is 0 Å². The van der Waals surface area contributed by atoms with E-state index in [-0.39, 0.29) is 5.25 Å². The van der Waals surface area contributed by atoms with Crippen molar-refractivity contribution in [1.29, 1.82) is 0 Å². The SMILES string of the molecule is CC1(C)OB(C(C=N[S+]([O-])C2CCN(C=O)C2)=CN)OC1(C)C. The molecule has 23 heavy (non-hydrogen) atoms. The zero-order valence-corrected chi connectivity index (χ0v) is 14.8. The van der Waals surface area contributed by atoms with Gasteiger partial charge in [-0.05, 0) is 33.9 Å². The molecule has 2 saturated heterocycles. The molecular weight excluding hydrogens is 317 g/mol. The van der Waals surface area contributed by atoms with Crippen molar-refractivity contribution in [2.45, 2.75) is 50.6 Å². The highest BCUT2D eigenvalue weighted by Gasteiger charge is 2.52. The van der Waals surface area contributed by atoms with Crippen LogP contribution in [0.15, 0.2) is 16.1 Å². The highest BCUT2D eigenvalue weighted by molar-refractivity contribution is 7.90. The third-order valence-corrected chi connectivity index (χ3v) is 5.90. The van der Waals surface area contributed by atoms with Gasteiger partial charge in [0.1, 0.15) is 11.4 Å². The first-order chi connectivity index (χ1) is 10.7. The quantitative estimate of drug-likeness (QED) is 0.338. The molecule has 0 saturated carbocycles. The average Bonchev–Trinajstić information content (AvgIpc) is 3.02. The van der Waals surface area contributed by atoms with Crippen LogP contribution in [0.25, 0.3) is 0 Å². The molecule has 0 spiro atoms. The Hall–Kier alpha value is -1.03. The second-order valence-corrected chi connectivity index (χ2v) is 8.21. The molecule has 2 atom stereocenters. The summed E-state index contributed by atoms with van der Waals surface area (Å²) < 4.78 is 28.1. The molecule has 0 bridgehead atoms. The van der Waals surface area contributed by atoms with Crippen molar-refractivity contribution in [2.75, 3.05) is 13.1 Å². The van der Waals surface area contributed by atoms with Gasteiger partial charge >= 0.3 is 7.12 Å². The number of nitrogens with two attached hydrogens (primary N) is 1. The van der Waals surface area contributed by atoms with Crippen molar-refractivity contribution >= 4 is 31.1 Å². The number of nitrogens with zero attached hydrogens (tertiary/aromatic N) is 2. The highest BCUT2D eigenvalue weighted by atomic mass is 32.2. The normalized spacial score (nSPS) is 28.6. The van der Waals surface area contributed by atoms with Crippen molar-refractivity contribution in [3.05, 3.63) is 11.7 Å². The summed E-state index contributed by atoms with van der Waals surface area (Å²) in [4.78, 5) is 12.3. The van der Waals surface area contributed by atoms with Crippen LogP contribution in [0.5, 0.6) is 0 Å². The minimum Gasteiger partial charge on any atom is -0.591 e. The Labute approximate surface area is 140 Å². The van der Waals surface area contributed by atoms with Crippen LogP contribution in [0.2, 0.25) is 0 Å². The summed E-state index contributed by atoms with van der Waals surface area (Å²) in [5.41, 5.74) is 5.22. The maximum absolute atomic E-state index is 12.2. The van der Waals surface area contributed by atoms with E-state index in [1.807, 2.05) is 27.7 Å². The first kappa shape index (κ1) is 18.3. The third-order valence-electron chi connectivity index (χ3n) is 4.63. The van der Waals surface area contributed by atoms with Gasteiger partial charge in [-0.3, -0.25) is 4.79 Å². The zero-order chi connectivity index (χ0) is 17.3. The molecule has 0 aromatic carbocycles. The Morgan fingerprint density at radius 2 is 2.00 bits per heavy atom. The smallest absolute Gasteiger partial charge is 0.498 e. The van der Waals surface area contributed by atoms with Gasteiger partial charge in [0.15, 0.2) is 5.25 Å². The van der Waals surface area contributed by atoms with Gasteiger partial charge in [-0.1, -0.05) is 4.40 Å². The summed E-state index contributed by atoms with van der Waals surface area (Å²) in [7, 11) is -0.638. The zero-order valence-electron chi connectivity index (χ0n) is 14.0. The van der Waals surface area contributed by atoms with Crippen molar-refractivity contribution in [1.82, 2.24) is 4.90 Å². The first-order valence-corrected chi connectivity index (χ1v) is 8.78. The van der Waals surface area contributed by atoms with Crippen LogP contribution in [0.4, 0.5) is 0 Å². The van der Waals surface area contributed by atoms with Crippen LogP contribution < -0.4 is 5.73 Å². The van der Waals surface area contributed by atoms with Crippen LogP contribution in [-0.4, -0.2) is 58.7 Å². The lowest BCUT2D eigenvalue weighted by Crippen LogP contribution is -2.41. The Morgan fingerprint density at radius 1 is 1.39 bits per heavy atom. The second-order valence-electron chi connectivity index (χ2n) is 6.78. The van der Waals surface area contributed by atoms with Gasteiger partial charge in [-0.15, -0.1) is 0 Å². The van der Waals surface area contributed by atoms with E-state index in [1.165, 1.54) is 12.4 Å². The lowest BCUT2D eigenvalue weighted by molar-refractivity contribution is -0.117. The van der Waals surface area contributed by atoms with Crippen LogP contribution >= 0.6 is 0 Å². The lowest BCUT2D eigenvalue weighted by atomic mass is 9.79. The fourth-order valence-electron chi connectivity index (χ4n) is 2.37. The van der Waals surface area contributed by atoms with E-state index in [2.05, 4.69) is 4.40 Å². The molecule has 9 heteroatoms. The van der Waals surface area contributed by atoms with E-state index in [4.69, 9.17) is 15.0 Å². The molecule has 0 aliphatic carbocycles. The topological polar surface area (TPSA) is 100 Å². The number of likely N-dealkylation sites (tertiary alicyclic amines) is 1. The maximum atomic E-state index is 12.2. The van der Waals surface area contributed by atoms with E-state index in [1.54, 1.807) is 4.90 Å². The Balaban J connectivity index is 1.99. The van der Waals surface area contributed by atoms with E-state index >= 15 is 0 Å². The number of rotatable bonds is 5. The Kier molecular flexibility index (Phi) is 5.45. The largest absolute Gasteiger partial charge is 0.591 e. The number of carbonyl (C=O) groups is 1. The van der Waals surface area contributed by atoms with Crippen molar-refractivity contribution in [3.8, 4) is 0 Å². The van der Waals surface area contributed by atoms with Crippen molar-refractivity contribution < 1.29 is 18.7 Å². The fourth-order valence-corrected chi connectivity index (χ4v) is 3.40. The van der Waals surface area contributed by atoms with Gasteiger partial charge in [0, 0.05) is 18.4 Å². The van der Waals surface area contributed by atoms with E-state index in [0.717, 1.165) is 6.41 Å². The molecular formula is C14H24BN3O4S. The molecule has 0 aromatic rings. The summed E-state index contributed by atoms with van der Waals surface area (Å²) >= 11 is -1.42. The standard InChI is InChI=1S/C14H24BN3O4S/c1-13(2)14(3,4)22-15(21-13)11(7-16)8-17-23(20)12-5-6-18(9-12)10-19/h7-8,10,12H,5-6,9,16H2,1-4H3. The van der Waals surface area contributed by atoms with Gasteiger partial charge in [-0.25, -0.2) is 0 Å². The van der Waals surface area contributed by atoms with Gasteiger partial charge in [0.25, 0.3) is 0 Å². The molecule has 1 amide bonds. The second kappa shape index (κ2) is 6.84. The number of amides is 1. The average molecular weight is 341 g/mol. The molecule has 2 heterocycles. The molecule has 2 fully saturated rings. The summed E-state index contributed by atoms with van der Waals surface area (Å²) in [6, 6.07) is 0. The third kappa shape index (κ3) is 3.91. The number of carbonyl (C=O) groups excluding carboxylic acids is 1. The Morgan fingerprint density at radius 3 is 2.48 bits per heavy atom. The minimum atomic E-state index is -1.42. The number of hydrogen-bond donors (Lipinski definition) is 1. The predicted molar refractivity (Wildman–Crippen MR) is 91.0 cm³/mol. The lowest BCUT2D eigenvalue weighted by Gasteiger charge is -2.32. The summed E-state index contributed by atoms with van der Waals surface area (Å²) in [6.45, 7) is 8.87. The summed E-state index contributed by atoms with van der Waals surface area (Å²) in [5.74, 6) is 0. The minimum absolute atomic E-state index is 0.145. The molecule has 0 radical (unpaired) electrons. The predicted octanol–water partition coefficient (Wildman–Crippen LogP) is 0.426. The van der Waals surface area contributed by atoms with Crippen LogP contribution in [-0.2, 0) is 25.5 Å². The highest BCUT2D eigenvalue weighted by Crippen LogP contribution is 2.38. The van der Waals surface area contributed by atoms with Crippen LogP contribution in [0.1, 0.15) is 34.1 Å². The van der Waals surface area contributed by atoms with Gasteiger partial charge in [-0.2, -0.15) is 0 Å². The molecule has 2 rings (SSSR count). The molecule has 2 aliphatic rings. The van der Waals surface area contributed by atoms with Crippen LogP contribution in [0, 0.1) is 0 Å². The molecule has 7 nitrogen and oxygen atoms in total. The molecule has 0 aromatic heterocycles. The van der Waals surface area contributed by atoms with Crippen LogP contribution in [0.3, 0.4) is 0 Å². The first-order valence-electron chi connectivity index (χ1n) is 7.62. The molecule has 2 aliphatic heterocycles. The summed E-state index contributed by atoms with van der Waals surface area (Å²) in [5, 5.41) is -0.145. The summed E-state index contributed by atoms with van der Waals surface area (Å²) in [6.07, 6.45) is 4.26. The maximum Gasteiger partial charge on any atom is 0.498 e. The van der Waals surface area contributed by atoms with E-state index in [9.17, 15) is 9.35 Å². The Bertz CT molecular complexity index is 496. The fraction of sp³-hybridized carbons (Fsp3) is 0.714. The van der Waals surface area contributed by atoms with Gasteiger partial charge < -0.3 is 24.5 Å². The molecule has 2 N–H and O–H groups in total. The number of hydrogen-bond acceptors (Lipinski definition) is 6. The van der Waals surface area contributed by atoms with E-state index in [0.29, 0.717) is 25.0 Å². The molecule has 2 unspecified atom stereocenters. The molecule has 128 valence electrons. The monoisotopic (exact) mass is 341 g/mol. The van der Waals surface area contributed by atoms with E-state index < -0.39 is 29.7 Å². The van der Waals surface area contributed by atoms with Gasteiger partial charge in [0.2, 0.25) is 6.41 Å². The van der Waals surface area contributed by atoms with Gasteiger partial charge in [0.05, 0.1) is 24.0 Å². The number of allylic oxidation sites excluding steroid dienone is 1. The van der Waals surface area contributed by atoms with Crippen molar-refractivity contribution in [2.24, 2.45) is 10.1 Å².